The molecular weight excluding hydrogens is 448 g/mol. The zero-order valence-corrected chi connectivity index (χ0v) is 19.5. The van der Waals surface area contributed by atoms with Gasteiger partial charge >= 0.3 is 0 Å². The molecule has 1 aliphatic carbocycles. The summed E-state index contributed by atoms with van der Waals surface area (Å²) in [5.74, 6) is -0.951. The van der Waals surface area contributed by atoms with Gasteiger partial charge < -0.3 is 15.1 Å². The van der Waals surface area contributed by atoms with Crippen LogP contribution in [0.25, 0.3) is 0 Å². The first kappa shape index (κ1) is 22.3. The third-order valence-corrected chi connectivity index (χ3v) is 8.21. The Balaban J connectivity index is 1.61. The van der Waals surface area contributed by atoms with Crippen LogP contribution in [0, 0.1) is 6.92 Å². The Morgan fingerprint density at radius 2 is 1.75 bits per heavy atom. The number of hydrogen-bond acceptors (Lipinski definition) is 6. The highest BCUT2D eigenvalue weighted by Gasteiger charge is 2.28. The lowest BCUT2D eigenvalue weighted by Gasteiger charge is -2.12. The number of sulfone groups is 1. The number of carbonyl (C=O) groups excluding carboxylic acids is 2. The van der Waals surface area contributed by atoms with Crippen molar-refractivity contribution in [1.82, 2.24) is 5.32 Å². The van der Waals surface area contributed by atoms with Crippen LogP contribution in [0.4, 0.5) is 5.00 Å². The number of thiophene rings is 1. The Labute approximate surface area is 190 Å². The number of amides is 2. The fourth-order valence-electron chi connectivity index (χ4n) is 3.73. The van der Waals surface area contributed by atoms with E-state index in [0.717, 1.165) is 41.7 Å². The van der Waals surface area contributed by atoms with Crippen molar-refractivity contribution in [2.75, 3.05) is 11.9 Å². The van der Waals surface area contributed by atoms with Crippen molar-refractivity contribution in [2.45, 2.75) is 49.5 Å². The molecule has 0 atom stereocenters. The standard InChI is InChI=1S/C23H24N2O5S2/c1-3-24-22(27)20-16-6-4-5-7-18(16)31-23(20)25-21(26)17-12-13-19(30-17)32(28,29)15-10-8-14(2)9-11-15/h8-13H,3-7H2,1-2H3,(H,24,27)(H,25,26). The molecule has 2 aromatic heterocycles. The molecule has 2 N–H and O–H groups in total. The van der Waals surface area contributed by atoms with Crippen molar-refractivity contribution in [3.63, 3.8) is 0 Å². The first-order valence-electron chi connectivity index (χ1n) is 10.5. The van der Waals surface area contributed by atoms with Crippen LogP contribution >= 0.6 is 11.3 Å². The molecule has 1 aliphatic rings. The van der Waals surface area contributed by atoms with E-state index in [2.05, 4.69) is 10.6 Å². The highest BCUT2D eigenvalue weighted by atomic mass is 32.2. The largest absolute Gasteiger partial charge is 0.439 e. The first-order valence-corrected chi connectivity index (χ1v) is 12.8. The average molecular weight is 473 g/mol. The maximum absolute atomic E-state index is 12.9. The molecule has 2 amide bonds. The third-order valence-electron chi connectivity index (χ3n) is 5.36. The van der Waals surface area contributed by atoms with Gasteiger partial charge in [-0.1, -0.05) is 17.7 Å². The van der Waals surface area contributed by atoms with Crippen molar-refractivity contribution >= 4 is 38.0 Å². The van der Waals surface area contributed by atoms with E-state index in [0.29, 0.717) is 17.1 Å². The normalized spacial score (nSPS) is 13.4. The molecule has 4 rings (SSSR count). The van der Waals surface area contributed by atoms with Crippen LogP contribution < -0.4 is 10.6 Å². The van der Waals surface area contributed by atoms with E-state index in [1.165, 1.54) is 35.6 Å². The SMILES string of the molecule is CCNC(=O)c1c(NC(=O)c2ccc(S(=O)(=O)c3ccc(C)cc3)o2)sc2c1CCCC2. The van der Waals surface area contributed by atoms with Gasteiger partial charge in [-0.2, -0.15) is 0 Å². The van der Waals surface area contributed by atoms with E-state index in [9.17, 15) is 18.0 Å². The molecule has 168 valence electrons. The molecule has 3 aromatic rings. The second-order valence-electron chi connectivity index (χ2n) is 7.66. The Hall–Kier alpha value is -2.91. The van der Waals surface area contributed by atoms with Gasteiger partial charge in [0.15, 0.2) is 5.76 Å². The quantitative estimate of drug-likeness (QED) is 0.554. The lowest BCUT2D eigenvalue weighted by Crippen LogP contribution is -2.25. The van der Waals surface area contributed by atoms with Gasteiger partial charge in [0, 0.05) is 11.4 Å². The predicted molar refractivity (Wildman–Crippen MR) is 122 cm³/mol. The number of rotatable bonds is 6. The Kier molecular flexibility index (Phi) is 6.21. The van der Waals surface area contributed by atoms with Crippen molar-refractivity contribution < 1.29 is 22.4 Å². The first-order chi connectivity index (χ1) is 15.3. The molecule has 0 spiro atoms. The molecule has 0 bridgehead atoms. The minimum atomic E-state index is -3.88. The summed E-state index contributed by atoms with van der Waals surface area (Å²) in [6.07, 6.45) is 3.73. The van der Waals surface area contributed by atoms with E-state index in [4.69, 9.17) is 4.42 Å². The second kappa shape index (κ2) is 8.91. The highest BCUT2D eigenvalue weighted by Crippen LogP contribution is 2.38. The predicted octanol–water partition coefficient (Wildman–Crippen LogP) is 4.36. The zero-order valence-electron chi connectivity index (χ0n) is 17.9. The van der Waals surface area contributed by atoms with Crippen LogP contribution in [0.5, 0.6) is 0 Å². The van der Waals surface area contributed by atoms with Crippen LogP contribution in [-0.2, 0) is 22.7 Å². The number of carbonyl (C=O) groups is 2. The number of hydrogen-bond donors (Lipinski definition) is 2. The lowest BCUT2D eigenvalue weighted by atomic mass is 9.95. The van der Waals surface area contributed by atoms with Crippen LogP contribution in [0.15, 0.2) is 50.8 Å². The van der Waals surface area contributed by atoms with Gasteiger partial charge in [0.05, 0.1) is 10.5 Å². The molecule has 1 aromatic carbocycles. The molecule has 0 unspecified atom stereocenters. The topological polar surface area (TPSA) is 105 Å². The van der Waals surface area contributed by atoms with E-state index >= 15 is 0 Å². The van der Waals surface area contributed by atoms with Crippen LogP contribution in [0.3, 0.4) is 0 Å². The second-order valence-corrected chi connectivity index (χ2v) is 10.6. The minimum absolute atomic E-state index is 0.0915. The maximum atomic E-state index is 12.9. The molecule has 0 saturated heterocycles. The van der Waals surface area contributed by atoms with Gasteiger partial charge in [-0.3, -0.25) is 9.59 Å². The highest BCUT2D eigenvalue weighted by molar-refractivity contribution is 7.91. The van der Waals surface area contributed by atoms with E-state index in [1.54, 1.807) is 12.1 Å². The van der Waals surface area contributed by atoms with Crippen molar-refractivity contribution in [3.05, 3.63) is 63.7 Å². The summed E-state index contributed by atoms with van der Waals surface area (Å²) < 4.78 is 31.0. The van der Waals surface area contributed by atoms with Crippen LogP contribution in [0.1, 0.15) is 56.7 Å². The van der Waals surface area contributed by atoms with Crippen molar-refractivity contribution in [3.8, 4) is 0 Å². The van der Waals surface area contributed by atoms with Crippen LogP contribution in [0.2, 0.25) is 0 Å². The fourth-order valence-corrected chi connectivity index (χ4v) is 6.18. The molecule has 0 saturated carbocycles. The summed E-state index contributed by atoms with van der Waals surface area (Å²) in [5, 5.41) is 5.74. The number of furan rings is 1. The van der Waals surface area contributed by atoms with Crippen molar-refractivity contribution in [2.24, 2.45) is 0 Å². The van der Waals surface area contributed by atoms with Gasteiger partial charge in [-0.15, -0.1) is 11.3 Å². The monoisotopic (exact) mass is 472 g/mol. The van der Waals surface area contributed by atoms with Gasteiger partial charge in [-0.25, -0.2) is 8.42 Å². The molecule has 7 nitrogen and oxygen atoms in total. The molecule has 2 heterocycles. The maximum Gasteiger partial charge on any atom is 0.292 e. The number of anilines is 1. The zero-order chi connectivity index (χ0) is 22.9. The van der Waals surface area contributed by atoms with Gasteiger partial charge in [0.25, 0.3) is 11.8 Å². The number of fused-ring (bicyclic) bond motifs is 1. The lowest BCUT2D eigenvalue weighted by molar-refractivity contribution is 0.0956. The third kappa shape index (κ3) is 4.22. The molecular formula is C23H24N2O5S2. The molecule has 0 radical (unpaired) electrons. The summed E-state index contributed by atoms with van der Waals surface area (Å²) in [5.41, 5.74) is 2.42. The summed E-state index contributed by atoms with van der Waals surface area (Å²) in [6.45, 7) is 4.19. The summed E-state index contributed by atoms with van der Waals surface area (Å²) >= 11 is 1.40. The van der Waals surface area contributed by atoms with Gasteiger partial charge in [-0.05, 0) is 69.4 Å². The smallest absolute Gasteiger partial charge is 0.292 e. The summed E-state index contributed by atoms with van der Waals surface area (Å²) in [4.78, 5) is 26.7. The Morgan fingerprint density at radius 1 is 1.03 bits per heavy atom. The minimum Gasteiger partial charge on any atom is -0.439 e. The van der Waals surface area contributed by atoms with E-state index < -0.39 is 15.7 Å². The Morgan fingerprint density at radius 3 is 2.47 bits per heavy atom. The Bertz CT molecular complexity index is 1270. The van der Waals surface area contributed by atoms with E-state index in [1.807, 2.05) is 13.8 Å². The summed E-state index contributed by atoms with van der Waals surface area (Å²) in [7, 11) is -3.88. The average Bonchev–Trinajstić information content (AvgIpc) is 3.39. The number of nitrogens with one attached hydrogen (secondary N) is 2. The number of aryl methyl sites for hydroxylation is 2. The van der Waals surface area contributed by atoms with Crippen LogP contribution in [-0.4, -0.2) is 26.8 Å². The molecule has 9 heteroatoms. The fraction of sp³-hybridized carbons (Fsp3) is 0.304. The van der Waals surface area contributed by atoms with Crippen molar-refractivity contribution in [1.29, 1.82) is 0 Å². The van der Waals surface area contributed by atoms with E-state index in [-0.39, 0.29) is 21.7 Å². The molecule has 0 fully saturated rings. The molecule has 32 heavy (non-hydrogen) atoms. The molecule has 0 aliphatic heterocycles. The van der Waals surface area contributed by atoms with Gasteiger partial charge in [0.2, 0.25) is 14.9 Å². The van der Waals surface area contributed by atoms with Gasteiger partial charge in [0.1, 0.15) is 5.00 Å². The number of benzene rings is 1. The summed E-state index contributed by atoms with van der Waals surface area (Å²) in [6, 6.07) is 9.00.